The number of halogens is 2. The van der Waals surface area contributed by atoms with Gasteiger partial charge in [0.1, 0.15) is 0 Å². The second-order valence-electron chi connectivity index (χ2n) is 2.91. The minimum Gasteiger partial charge on any atom is -0.481 e. The third-order valence-electron chi connectivity index (χ3n) is 1.90. The van der Waals surface area contributed by atoms with E-state index in [1.54, 1.807) is 6.07 Å². The Bertz CT molecular complexity index is 438. The molecule has 0 saturated heterocycles. The number of rotatable bonds is 3. The number of hydrogen-bond donors (Lipinski definition) is 1. The Morgan fingerprint density at radius 2 is 2.20 bits per heavy atom. The lowest BCUT2D eigenvalue weighted by Crippen LogP contribution is -2.05. The molecule has 0 aliphatic heterocycles. The molecule has 0 amide bonds. The maximum atomic E-state index is 10.6. The normalized spacial score (nSPS) is 9.67. The molecule has 0 spiro atoms. The van der Waals surface area contributed by atoms with Crippen LogP contribution in [0.1, 0.15) is 16.7 Å². The maximum absolute atomic E-state index is 10.6. The molecule has 0 unspecified atom stereocenters. The van der Waals surface area contributed by atoms with Gasteiger partial charge in [0.05, 0.1) is 18.1 Å². The molecule has 0 fully saturated rings. The lowest BCUT2D eigenvalue weighted by atomic mass is 10.00. The topological polar surface area (TPSA) is 61.1 Å². The highest BCUT2D eigenvalue weighted by atomic mass is 35.5. The van der Waals surface area contributed by atoms with Gasteiger partial charge < -0.3 is 5.11 Å². The molecule has 0 radical (unpaired) electrons. The van der Waals surface area contributed by atoms with Crippen LogP contribution in [0.2, 0.25) is 5.02 Å². The van der Waals surface area contributed by atoms with E-state index in [0.717, 1.165) is 0 Å². The Kier molecular flexibility index (Phi) is 3.96. The van der Waals surface area contributed by atoms with Gasteiger partial charge in [-0.3, -0.25) is 4.79 Å². The van der Waals surface area contributed by atoms with Crippen molar-refractivity contribution in [1.29, 1.82) is 5.26 Å². The number of nitrogens with zero attached hydrogens (tertiary/aromatic N) is 1. The van der Waals surface area contributed by atoms with Gasteiger partial charge in [-0.1, -0.05) is 11.6 Å². The fraction of sp³-hybridized carbons (Fsp3) is 0.200. The minimum atomic E-state index is -1.000. The molecule has 1 aromatic rings. The molecule has 0 saturated carbocycles. The number of benzene rings is 1. The van der Waals surface area contributed by atoms with E-state index >= 15 is 0 Å². The lowest BCUT2D eigenvalue weighted by molar-refractivity contribution is -0.136. The van der Waals surface area contributed by atoms with Crippen LogP contribution in [0, 0.1) is 11.3 Å². The van der Waals surface area contributed by atoms with Crippen LogP contribution in [-0.4, -0.2) is 11.1 Å². The second-order valence-corrected chi connectivity index (χ2v) is 3.61. The first-order valence-electron chi connectivity index (χ1n) is 4.07. The average molecular weight is 244 g/mol. The quantitative estimate of drug-likeness (QED) is 0.831. The Morgan fingerprint density at radius 1 is 1.53 bits per heavy atom. The second kappa shape index (κ2) is 5.01. The van der Waals surface area contributed by atoms with E-state index in [0.29, 0.717) is 16.1 Å². The van der Waals surface area contributed by atoms with Gasteiger partial charge in [-0.15, -0.1) is 11.6 Å². The summed E-state index contributed by atoms with van der Waals surface area (Å²) < 4.78 is 0. The fourth-order valence-electron chi connectivity index (χ4n) is 1.27. The molecule has 1 N–H and O–H groups in total. The van der Waals surface area contributed by atoms with Crippen LogP contribution >= 0.6 is 23.2 Å². The van der Waals surface area contributed by atoms with E-state index in [-0.39, 0.29) is 17.9 Å². The summed E-state index contributed by atoms with van der Waals surface area (Å²) in [6.07, 6.45) is -0.220. The third kappa shape index (κ3) is 2.85. The number of alkyl halides is 1. The molecule has 0 heterocycles. The smallest absolute Gasteiger partial charge is 0.307 e. The van der Waals surface area contributed by atoms with Crippen molar-refractivity contribution < 1.29 is 9.90 Å². The Labute approximate surface area is 96.8 Å². The molecule has 3 nitrogen and oxygen atoms in total. The van der Waals surface area contributed by atoms with Crippen molar-refractivity contribution >= 4 is 29.2 Å². The number of aliphatic carboxylic acids is 1. The molecule has 0 bridgehead atoms. The first-order valence-corrected chi connectivity index (χ1v) is 4.99. The van der Waals surface area contributed by atoms with Gasteiger partial charge in [-0.25, -0.2) is 0 Å². The van der Waals surface area contributed by atoms with Gasteiger partial charge in [0.2, 0.25) is 0 Å². The molecule has 15 heavy (non-hydrogen) atoms. The van der Waals surface area contributed by atoms with Crippen molar-refractivity contribution in [2.75, 3.05) is 0 Å². The molecule has 1 rings (SSSR count). The van der Waals surface area contributed by atoms with Crippen molar-refractivity contribution in [2.24, 2.45) is 0 Å². The van der Waals surface area contributed by atoms with Crippen LogP contribution < -0.4 is 0 Å². The van der Waals surface area contributed by atoms with Gasteiger partial charge in [0.25, 0.3) is 0 Å². The zero-order valence-electron chi connectivity index (χ0n) is 7.63. The molecule has 1 aromatic carbocycles. The summed E-state index contributed by atoms with van der Waals surface area (Å²) in [6.45, 7) is 0. The zero-order chi connectivity index (χ0) is 11.4. The van der Waals surface area contributed by atoms with E-state index in [4.69, 9.17) is 33.6 Å². The van der Waals surface area contributed by atoms with Gasteiger partial charge in [-0.2, -0.15) is 5.26 Å². The number of hydrogen-bond acceptors (Lipinski definition) is 2. The molecular weight excluding hydrogens is 237 g/mol. The highest BCUT2D eigenvalue weighted by molar-refractivity contribution is 6.31. The SMILES string of the molecule is N#Cc1cc(Cl)cc(CCl)c1CC(=O)O. The van der Waals surface area contributed by atoms with Crippen LogP contribution in [0.15, 0.2) is 12.1 Å². The third-order valence-corrected chi connectivity index (χ3v) is 2.41. The van der Waals surface area contributed by atoms with E-state index in [1.165, 1.54) is 6.07 Å². The molecule has 0 aliphatic carbocycles. The lowest BCUT2D eigenvalue weighted by Gasteiger charge is -2.07. The zero-order valence-corrected chi connectivity index (χ0v) is 9.14. The van der Waals surface area contributed by atoms with Crippen LogP contribution in [0.5, 0.6) is 0 Å². The summed E-state index contributed by atoms with van der Waals surface area (Å²) in [4.78, 5) is 10.6. The van der Waals surface area contributed by atoms with Gasteiger partial charge in [-0.05, 0) is 23.3 Å². The predicted octanol–water partition coefficient (Wildman–Crippen LogP) is 2.58. The first-order chi connectivity index (χ1) is 7.08. The summed E-state index contributed by atoms with van der Waals surface area (Å²) in [6, 6.07) is 4.93. The molecule has 0 aliphatic rings. The van der Waals surface area contributed by atoms with Crippen molar-refractivity contribution in [1.82, 2.24) is 0 Å². The molecule has 78 valence electrons. The monoisotopic (exact) mass is 243 g/mol. The van der Waals surface area contributed by atoms with Gasteiger partial charge >= 0.3 is 5.97 Å². The van der Waals surface area contributed by atoms with E-state index in [2.05, 4.69) is 0 Å². The molecule has 0 atom stereocenters. The minimum absolute atomic E-state index is 0.137. The highest BCUT2D eigenvalue weighted by Crippen LogP contribution is 2.22. The van der Waals surface area contributed by atoms with Crippen molar-refractivity contribution in [3.63, 3.8) is 0 Å². The van der Waals surface area contributed by atoms with Crippen molar-refractivity contribution in [2.45, 2.75) is 12.3 Å². The van der Waals surface area contributed by atoms with E-state index in [9.17, 15) is 4.79 Å². The number of nitriles is 1. The fourth-order valence-corrected chi connectivity index (χ4v) is 1.75. The largest absolute Gasteiger partial charge is 0.481 e. The number of carbonyl (C=O) groups is 1. The highest BCUT2D eigenvalue weighted by Gasteiger charge is 2.12. The predicted molar refractivity (Wildman–Crippen MR) is 57.1 cm³/mol. The molecular formula is C10H7Cl2NO2. The summed E-state index contributed by atoms with van der Waals surface area (Å²) in [5.41, 5.74) is 1.29. The average Bonchev–Trinajstić information content (AvgIpc) is 2.19. The summed E-state index contributed by atoms with van der Waals surface area (Å²) in [5, 5.41) is 17.9. The Hall–Kier alpha value is -1.24. The van der Waals surface area contributed by atoms with E-state index in [1.807, 2.05) is 6.07 Å². The number of carboxylic acid groups (broad SMARTS) is 1. The summed E-state index contributed by atoms with van der Waals surface area (Å²) in [7, 11) is 0. The first kappa shape index (κ1) is 11.8. The Balaban J connectivity index is 3.31. The van der Waals surface area contributed by atoms with Gasteiger partial charge in [0, 0.05) is 10.9 Å². The van der Waals surface area contributed by atoms with Crippen LogP contribution in [0.3, 0.4) is 0 Å². The maximum Gasteiger partial charge on any atom is 0.307 e. The summed E-state index contributed by atoms with van der Waals surface area (Å²) in [5.74, 6) is -0.863. The van der Waals surface area contributed by atoms with Gasteiger partial charge in [0.15, 0.2) is 0 Å². The van der Waals surface area contributed by atoms with Crippen molar-refractivity contribution in [3.05, 3.63) is 33.8 Å². The van der Waals surface area contributed by atoms with Crippen LogP contribution in [-0.2, 0) is 17.1 Å². The Morgan fingerprint density at radius 3 is 2.67 bits per heavy atom. The van der Waals surface area contributed by atoms with E-state index < -0.39 is 5.97 Å². The van der Waals surface area contributed by atoms with Crippen LogP contribution in [0.25, 0.3) is 0 Å². The molecule has 5 heteroatoms. The summed E-state index contributed by atoms with van der Waals surface area (Å²) >= 11 is 11.4. The molecule has 0 aromatic heterocycles. The standard InChI is InChI=1S/C10H7Cl2NO2/c11-4-6-1-8(12)2-7(5-13)9(6)3-10(14)15/h1-2H,3-4H2,(H,14,15). The van der Waals surface area contributed by atoms with Crippen LogP contribution in [0.4, 0.5) is 0 Å². The number of carboxylic acids is 1. The van der Waals surface area contributed by atoms with Crippen molar-refractivity contribution in [3.8, 4) is 6.07 Å².